The summed E-state index contributed by atoms with van der Waals surface area (Å²) >= 11 is 5.52. The van der Waals surface area contributed by atoms with Gasteiger partial charge in [-0.2, -0.15) is 0 Å². The van der Waals surface area contributed by atoms with Crippen LogP contribution in [0.1, 0.15) is 5.56 Å². The zero-order valence-corrected chi connectivity index (χ0v) is 11.3. The summed E-state index contributed by atoms with van der Waals surface area (Å²) in [5.41, 5.74) is 2.00. The summed E-state index contributed by atoms with van der Waals surface area (Å²) < 4.78 is 5.34. The lowest BCUT2D eigenvalue weighted by molar-refractivity contribution is 0.414. The van der Waals surface area contributed by atoms with Crippen molar-refractivity contribution >= 4 is 22.9 Å². The molecule has 0 spiro atoms. The van der Waals surface area contributed by atoms with Crippen LogP contribution < -0.4 is 9.64 Å². The van der Waals surface area contributed by atoms with Crippen molar-refractivity contribution in [3.8, 4) is 5.75 Å². The fraction of sp³-hybridized carbons (Fsp3) is 0.133. The van der Waals surface area contributed by atoms with Gasteiger partial charge in [0.05, 0.1) is 12.7 Å². The summed E-state index contributed by atoms with van der Waals surface area (Å²) in [4.78, 5) is 2.73. The highest BCUT2D eigenvalue weighted by molar-refractivity contribution is 7.81. The van der Waals surface area contributed by atoms with Gasteiger partial charge in [-0.25, -0.2) is 0 Å². The second kappa shape index (κ2) is 5.65. The number of benzene rings is 2. The number of nitrogens with zero attached hydrogens (tertiary/aromatic N) is 1. The summed E-state index contributed by atoms with van der Waals surface area (Å²) in [6, 6.07) is 17.8. The summed E-state index contributed by atoms with van der Waals surface area (Å²) in [5, 5.41) is 0. The maximum Gasteiger partial charge on any atom is 0.129 e. The number of ether oxygens (including phenoxy) is 1. The van der Waals surface area contributed by atoms with Crippen molar-refractivity contribution in [1.29, 1.82) is 0 Å². The third-order valence-corrected chi connectivity index (χ3v) is 3.28. The lowest BCUT2D eigenvalue weighted by Crippen LogP contribution is -2.25. The third kappa shape index (κ3) is 2.51. The number of thiocarbonyl (C=S) groups is 1. The maximum atomic E-state index is 5.52. The third-order valence-electron chi connectivity index (χ3n) is 2.79. The van der Waals surface area contributed by atoms with Gasteiger partial charge in [-0.05, 0) is 24.3 Å². The van der Waals surface area contributed by atoms with E-state index in [0.717, 1.165) is 22.0 Å². The number of hydrogen-bond acceptors (Lipinski definition) is 2. The molecular formula is C15H15NOS. The highest BCUT2D eigenvalue weighted by atomic mass is 32.1. The maximum absolute atomic E-state index is 5.52. The molecule has 0 aromatic heterocycles. The molecule has 0 saturated carbocycles. The van der Waals surface area contributed by atoms with Gasteiger partial charge in [0.2, 0.25) is 0 Å². The molecule has 0 atom stereocenters. The Morgan fingerprint density at radius 3 is 2.28 bits per heavy atom. The van der Waals surface area contributed by atoms with Gasteiger partial charge in [0.15, 0.2) is 0 Å². The molecule has 18 heavy (non-hydrogen) atoms. The molecule has 0 saturated heterocycles. The van der Waals surface area contributed by atoms with Crippen molar-refractivity contribution in [1.82, 2.24) is 0 Å². The largest absolute Gasteiger partial charge is 0.496 e. The van der Waals surface area contributed by atoms with E-state index in [1.807, 2.05) is 66.5 Å². The van der Waals surface area contributed by atoms with Gasteiger partial charge in [0, 0.05) is 12.7 Å². The van der Waals surface area contributed by atoms with Crippen molar-refractivity contribution < 1.29 is 4.74 Å². The van der Waals surface area contributed by atoms with Crippen LogP contribution in [0.4, 0.5) is 5.69 Å². The molecule has 92 valence electrons. The molecule has 2 rings (SSSR count). The molecule has 0 aliphatic heterocycles. The van der Waals surface area contributed by atoms with E-state index in [-0.39, 0.29) is 0 Å². The Morgan fingerprint density at radius 2 is 1.61 bits per heavy atom. The second-order valence-electron chi connectivity index (χ2n) is 3.90. The first-order valence-electron chi connectivity index (χ1n) is 5.70. The molecule has 0 radical (unpaired) electrons. The van der Waals surface area contributed by atoms with Gasteiger partial charge in [-0.3, -0.25) is 0 Å². The first-order chi connectivity index (χ1) is 8.74. The van der Waals surface area contributed by atoms with Gasteiger partial charge in [0.1, 0.15) is 10.7 Å². The van der Waals surface area contributed by atoms with Crippen LogP contribution in [-0.2, 0) is 0 Å². The van der Waals surface area contributed by atoms with Gasteiger partial charge in [0.25, 0.3) is 0 Å². The standard InChI is InChI=1S/C15H15NOS/c1-16(12-8-4-3-5-9-12)15(18)13-10-6-7-11-14(13)17-2/h3-11H,1-2H3. The number of anilines is 1. The Morgan fingerprint density at radius 1 is 1.00 bits per heavy atom. The highest BCUT2D eigenvalue weighted by Gasteiger charge is 2.12. The van der Waals surface area contributed by atoms with E-state index in [0.29, 0.717) is 0 Å². The van der Waals surface area contributed by atoms with Crippen LogP contribution in [0, 0.1) is 0 Å². The first kappa shape index (κ1) is 12.6. The first-order valence-corrected chi connectivity index (χ1v) is 6.11. The van der Waals surface area contributed by atoms with E-state index in [1.54, 1.807) is 7.11 Å². The molecule has 2 nitrogen and oxygen atoms in total. The van der Waals surface area contributed by atoms with Crippen LogP contribution in [0.3, 0.4) is 0 Å². The van der Waals surface area contributed by atoms with E-state index >= 15 is 0 Å². The lowest BCUT2D eigenvalue weighted by atomic mass is 10.1. The number of rotatable bonds is 3. The highest BCUT2D eigenvalue weighted by Crippen LogP contribution is 2.22. The predicted octanol–water partition coefficient (Wildman–Crippen LogP) is 3.51. The minimum atomic E-state index is 0.749. The Labute approximate surface area is 113 Å². The van der Waals surface area contributed by atoms with Crippen LogP contribution in [-0.4, -0.2) is 19.1 Å². The van der Waals surface area contributed by atoms with Crippen molar-refractivity contribution in [2.75, 3.05) is 19.1 Å². The minimum absolute atomic E-state index is 0.749. The molecule has 0 aliphatic carbocycles. The quantitative estimate of drug-likeness (QED) is 0.781. The Bertz CT molecular complexity index is 539. The number of para-hydroxylation sites is 2. The molecule has 0 bridgehead atoms. The Hall–Kier alpha value is -1.87. The van der Waals surface area contributed by atoms with Crippen LogP contribution >= 0.6 is 12.2 Å². The van der Waals surface area contributed by atoms with E-state index in [4.69, 9.17) is 17.0 Å². The number of hydrogen-bond donors (Lipinski definition) is 0. The van der Waals surface area contributed by atoms with Gasteiger partial charge >= 0.3 is 0 Å². The van der Waals surface area contributed by atoms with Gasteiger partial charge < -0.3 is 9.64 Å². The minimum Gasteiger partial charge on any atom is -0.496 e. The van der Waals surface area contributed by atoms with Crippen LogP contribution in [0.2, 0.25) is 0 Å². The van der Waals surface area contributed by atoms with Gasteiger partial charge in [-0.15, -0.1) is 0 Å². The van der Waals surface area contributed by atoms with E-state index in [2.05, 4.69) is 0 Å². The zero-order chi connectivity index (χ0) is 13.0. The molecule has 0 unspecified atom stereocenters. The Balaban J connectivity index is 2.32. The second-order valence-corrected chi connectivity index (χ2v) is 4.29. The molecule has 2 aromatic rings. The molecule has 0 amide bonds. The summed E-state index contributed by atoms with van der Waals surface area (Å²) in [5.74, 6) is 0.797. The Kier molecular flexibility index (Phi) is 3.95. The number of methoxy groups -OCH3 is 1. The van der Waals surface area contributed by atoms with Crippen molar-refractivity contribution in [2.45, 2.75) is 0 Å². The zero-order valence-electron chi connectivity index (χ0n) is 10.5. The smallest absolute Gasteiger partial charge is 0.129 e. The SMILES string of the molecule is COc1ccccc1C(=S)N(C)c1ccccc1. The molecule has 0 N–H and O–H groups in total. The van der Waals surface area contributed by atoms with Crippen LogP contribution in [0.5, 0.6) is 5.75 Å². The topological polar surface area (TPSA) is 12.5 Å². The molecular weight excluding hydrogens is 242 g/mol. The van der Waals surface area contributed by atoms with E-state index < -0.39 is 0 Å². The van der Waals surface area contributed by atoms with Crippen LogP contribution in [0.15, 0.2) is 54.6 Å². The average Bonchev–Trinajstić information content (AvgIpc) is 2.46. The van der Waals surface area contributed by atoms with E-state index in [1.165, 1.54) is 0 Å². The van der Waals surface area contributed by atoms with Crippen molar-refractivity contribution in [2.24, 2.45) is 0 Å². The molecule has 0 fully saturated rings. The van der Waals surface area contributed by atoms with Crippen LogP contribution in [0.25, 0.3) is 0 Å². The molecule has 2 aromatic carbocycles. The average molecular weight is 257 g/mol. The fourth-order valence-corrected chi connectivity index (χ4v) is 2.04. The fourth-order valence-electron chi connectivity index (χ4n) is 1.77. The lowest BCUT2D eigenvalue weighted by Gasteiger charge is -2.21. The summed E-state index contributed by atoms with van der Waals surface area (Å²) in [7, 11) is 3.62. The summed E-state index contributed by atoms with van der Waals surface area (Å²) in [6.07, 6.45) is 0. The van der Waals surface area contributed by atoms with E-state index in [9.17, 15) is 0 Å². The monoisotopic (exact) mass is 257 g/mol. The summed E-state index contributed by atoms with van der Waals surface area (Å²) in [6.45, 7) is 0. The molecule has 0 heterocycles. The van der Waals surface area contributed by atoms with Crippen molar-refractivity contribution in [3.05, 3.63) is 60.2 Å². The molecule has 3 heteroatoms. The normalized spacial score (nSPS) is 9.89. The predicted molar refractivity (Wildman–Crippen MR) is 79.5 cm³/mol. The van der Waals surface area contributed by atoms with Crippen molar-refractivity contribution in [3.63, 3.8) is 0 Å². The van der Waals surface area contributed by atoms with Gasteiger partial charge in [-0.1, -0.05) is 42.5 Å². The molecule has 0 aliphatic rings.